The molecule has 136 valence electrons. The number of hydrogen-bond donors (Lipinski definition) is 0. The van der Waals surface area contributed by atoms with E-state index in [2.05, 4.69) is 33.9 Å². The maximum atomic E-state index is 12.6. The third-order valence-electron chi connectivity index (χ3n) is 5.27. The lowest BCUT2D eigenvalue weighted by Crippen LogP contribution is -2.49. The van der Waals surface area contributed by atoms with Gasteiger partial charge in [0.25, 0.3) is 0 Å². The molecule has 0 saturated carbocycles. The lowest BCUT2D eigenvalue weighted by atomic mass is 9.81. The molecule has 3 atom stereocenters. The Morgan fingerprint density at radius 2 is 1.75 bits per heavy atom. The Labute approximate surface area is 146 Å². The van der Waals surface area contributed by atoms with Gasteiger partial charge in [0.05, 0.1) is 18.6 Å². The fourth-order valence-electron chi connectivity index (χ4n) is 2.69. The molecule has 2 aliphatic rings. The molecule has 0 bridgehead atoms. The molecule has 5 nitrogen and oxygen atoms in total. The van der Waals surface area contributed by atoms with Crippen LogP contribution >= 0.6 is 0 Å². The van der Waals surface area contributed by atoms with Gasteiger partial charge in [-0.1, -0.05) is 32.9 Å². The summed E-state index contributed by atoms with van der Waals surface area (Å²) in [5.41, 5.74) is -0.628. The van der Waals surface area contributed by atoms with Crippen LogP contribution in [0.15, 0.2) is 12.2 Å². The molecule has 0 aromatic carbocycles. The number of likely N-dealkylation sites (tertiary alicyclic amines) is 1. The van der Waals surface area contributed by atoms with Crippen LogP contribution in [0.3, 0.4) is 0 Å². The predicted octanol–water partition coefficient (Wildman–Crippen LogP) is 3.96. The summed E-state index contributed by atoms with van der Waals surface area (Å²) >= 11 is 0. The molecule has 24 heavy (non-hydrogen) atoms. The molecule has 1 heterocycles. The highest BCUT2D eigenvalue weighted by Gasteiger charge is 2.53. The lowest BCUT2D eigenvalue weighted by Gasteiger charge is -2.38. The van der Waals surface area contributed by atoms with Crippen molar-refractivity contribution in [1.82, 2.24) is 4.90 Å². The van der Waals surface area contributed by atoms with E-state index in [4.69, 9.17) is 9.16 Å². The molecule has 0 spiro atoms. The number of carbonyl (C=O) groups excluding carboxylic acids is 2. The van der Waals surface area contributed by atoms with Gasteiger partial charge in [-0.3, -0.25) is 4.79 Å². The fourth-order valence-corrected chi connectivity index (χ4v) is 3.71. The van der Waals surface area contributed by atoms with Gasteiger partial charge >= 0.3 is 6.09 Å². The average Bonchev–Trinajstić information content (AvgIpc) is 2.48. The smallest absolute Gasteiger partial charge is 0.417 e. The minimum Gasteiger partial charge on any atom is -0.443 e. The van der Waals surface area contributed by atoms with Gasteiger partial charge in [0.1, 0.15) is 5.60 Å². The first kappa shape index (κ1) is 19.2. The Bertz CT molecular complexity index is 556. The highest BCUT2D eigenvalue weighted by atomic mass is 28.4. The van der Waals surface area contributed by atoms with Crippen molar-refractivity contribution in [2.24, 2.45) is 11.8 Å². The first-order valence-corrected chi connectivity index (χ1v) is 11.5. The second kappa shape index (κ2) is 5.99. The van der Waals surface area contributed by atoms with E-state index in [-0.39, 0.29) is 28.8 Å². The van der Waals surface area contributed by atoms with Crippen molar-refractivity contribution in [3.63, 3.8) is 0 Å². The number of imide groups is 1. The normalized spacial score (nSPS) is 27.1. The first-order valence-electron chi connectivity index (χ1n) is 8.63. The van der Waals surface area contributed by atoms with Crippen molar-refractivity contribution in [1.29, 1.82) is 0 Å². The second-order valence-electron chi connectivity index (χ2n) is 9.32. The summed E-state index contributed by atoms with van der Waals surface area (Å²) in [7, 11) is -1.95. The monoisotopic (exact) mass is 353 g/mol. The topological polar surface area (TPSA) is 55.8 Å². The number of nitrogens with zero attached hydrogens (tertiary/aromatic N) is 1. The van der Waals surface area contributed by atoms with Crippen molar-refractivity contribution in [2.75, 3.05) is 6.61 Å². The number of carbonyl (C=O) groups is 2. The SMILES string of the molecule is CC(C)(C)OC(=O)N1C(=O)[C@@H]2C=C[C@@H]2[C@H]1CO[Si](C)(C)C(C)(C)C. The van der Waals surface area contributed by atoms with Crippen molar-refractivity contribution >= 4 is 20.3 Å². The fraction of sp³-hybridized carbons (Fsp3) is 0.778. The number of hydrogen-bond acceptors (Lipinski definition) is 4. The van der Waals surface area contributed by atoms with Crippen LogP contribution in [0.4, 0.5) is 4.79 Å². The molecule has 0 unspecified atom stereocenters. The Morgan fingerprint density at radius 1 is 1.17 bits per heavy atom. The molecule has 1 aliphatic carbocycles. The molecule has 2 amide bonds. The summed E-state index contributed by atoms with van der Waals surface area (Å²) in [4.78, 5) is 26.4. The van der Waals surface area contributed by atoms with Gasteiger partial charge < -0.3 is 9.16 Å². The van der Waals surface area contributed by atoms with Crippen LogP contribution in [-0.4, -0.2) is 43.5 Å². The van der Waals surface area contributed by atoms with Crippen LogP contribution in [-0.2, 0) is 14.0 Å². The van der Waals surface area contributed by atoms with Gasteiger partial charge in [0, 0.05) is 5.92 Å². The Kier molecular flexibility index (Phi) is 4.78. The van der Waals surface area contributed by atoms with Crippen molar-refractivity contribution in [2.45, 2.75) is 71.3 Å². The van der Waals surface area contributed by atoms with E-state index in [9.17, 15) is 9.59 Å². The summed E-state index contributed by atoms with van der Waals surface area (Å²) < 4.78 is 11.7. The van der Waals surface area contributed by atoms with E-state index in [1.165, 1.54) is 4.90 Å². The van der Waals surface area contributed by atoms with Crippen LogP contribution in [0.2, 0.25) is 18.1 Å². The van der Waals surface area contributed by atoms with Crippen LogP contribution in [0.25, 0.3) is 0 Å². The molecule has 2 rings (SSSR count). The Balaban J connectivity index is 2.15. The number of rotatable bonds is 3. The highest BCUT2D eigenvalue weighted by Crippen LogP contribution is 2.42. The summed E-state index contributed by atoms with van der Waals surface area (Å²) in [5, 5.41) is 0.0845. The molecular formula is C18H31NO4Si. The van der Waals surface area contributed by atoms with Gasteiger partial charge in [0.2, 0.25) is 5.91 Å². The second-order valence-corrected chi connectivity index (χ2v) is 14.1. The van der Waals surface area contributed by atoms with E-state index in [0.29, 0.717) is 6.61 Å². The molecule has 0 aromatic heterocycles. The summed E-state index contributed by atoms with van der Waals surface area (Å²) in [6.07, 6.45) is 3.32. The molecular weight excluding hydrogens is 322 g/mol. The summed E-state index contributed by atoms with van der Waals surface area (Å²) in [6.45, 7) is 16.7. The quantitative estimate of drug-likeness (QED) is 0.569. The molecule has 6 heteroatoms. The van der Waals surface area contributed by atoms with E-state index in [1.807, 2.05) is 12.2 Å². The lowest BCUT2D eigenvalue weighted by molar-refractivity contribution is -0.130. The molecule has 1 fully saturated rings. The van der Waals surface area contributed by atoms with Crippen molar-refractivity contribution in [3.05, 3.63) is 12.2 Å². The van der Waals surface area contributed by atoms with E-state index >= 15 is 0 Å². The van der Waals surface area contributed by atoms with Crippen LogP contribution < -0.4 is 0 Å². The van der Waals surface area contributed by atoms with Crippen LogP contribution in [0.1, 0.15) is 41.5 Å². The summed E-state index contributed by atoms with van der Waals surface area (Å²) in [6, 6.07) is -0.267. The van der Waals surface area contributed by atoms with Gasteiger partial charge in [0.15, 0.2) is 8.32 Å². The van der Waals surface area contributed by atoms with E-state index in [1.54, 1.807) is 20.8 Å². The Hall–Kier alpha value is -1.14. The summed E-state index contributed by atoms with van der Waals surface area (Å²) in [5.74, 6) is -0.319. The van der Waals surface area contributed by atoms with E-state index < -0.39 is 20.0 Å². The maximum absolute atomic E-state index is 12.6. The van der Waals surface area contributed by atoms with Gasteiger partial charge in [-0.05, 0) is 38.9 Å². The minimum absolute atomic E-state index is 0.0507. The van der Waals surface area contributed by atoms with Crippen LogP contribution in [0, 0.1) is 11.8 Å². The molecule has 0 aromatic rings. The van der Waals surface area contributed by atoms with Crippen LogP contribution in [0.5, 0.6) is 0 Å². The maximum Gasteiger partial charge on any atom is 0.417 e. The zero-order valence-corrected chi connectivity index (χ0v) is 17.2. The number of amides is 2. The van der Waals surface area contributed by atoms with Crippen molar-refractivity contribution < 1.29 is 18.8 Å². The van der Waals surface area contributed by atoms with Crippen molar-refractivity contribution in [3.8, 4) is 0 Å². The number of fused-ring (bicyclic) bond motifs is 1. The third-order valence-corrected chi connectivity index (χ3v) is 9.77. The van der Waals surface area contributed by atoms with Gasteiger partial charge in [-0.25, -0.2) is 9.69 Å². The number of ether oxygens (including phenoxy) is 1. The zero-order valence-electron chi connectivity index (χ0n) is 16.2. The first-order chi connectivity index (χ1) is 10.7. The predicted molar refractivity (Wildman–Crippen MR) is 96.1 cm³/mol. The van der Waals surface area contributed by atoms with E-state index in [0.717, 1.165) is 0 Å². The highest BCUT2D eigenvalue weighted by molar-refractivity contribution is 6.74. The molecule has 1 aliphatic heterocycles. The largest absolute Gasteiger partial charge is 0.443 e. The zero-order chi connectivity index (χ0) is 18.5. The molecule has 0 N–H and O–H groups in total. The minimum atomic E-state index is -1.95. The molecule has 0 radical (unpaired) electrons. The van der Waals surface area contributed by atoms with Gasteiger partial charge in [-0.15, -0.1) is 0 Å². The average molecular weight is 354 g/mol. The van der Waals surface area contributed by atoms with Gasteiger partial charge in [-0.2, -0.15) is 0 Å². The third kappa shape index (κ3) is 3.59. The molecule has 1 saturated heterocycles. The standard InChI is InChI=1S/C18H31NO4Si/c1-17(2,3)23-16(21)19-14(12-9-10-13(12)15(19)20)11-22-24(7,8)18(4,5)6/h9-10,12-14H,11H2,1-8H3/t12-,13+,14+/m0/s1. The Morgan fingerprint density at radius 3 is 2.17 bits per heavy atom.